The summed E-state index contributed by atoms with van der Waals surface area (Å²) in [5.74, 6) is -2.32. The van der Waals surface area contributed by atoms with Crippen LogP contribution in [0.15, 0.2) is 59.4 Å². The lowest BCUT2D eigenvalue weighted by Crippen LogP contribution is -2.39. The van der Waals surface area contributed by atoms with Gasteiger partial charge in [0, 0.05) is 18.7 Å². The fourth-order valence-electron chi connectivity index (χ4n) is 3.66. The maximum Gasteiger partial charge on any atom is 0.416 e. The number of anilines is 3. The second kappa shape index (κ2) is 9.38. The van der Waals surface area contributed by atoms with Gasteiger partial charge in [0.25, 0.3) is 5.56 Å². The quantitative estimate of drug-likeness (QED) is 0.440. The number of halogens is 3. The van der Waals surface area contributed by atoms with Crippen LogP contribution in [0.1, 0.15) is 29.0 Å². The van der Waals surface area contributed by atoms with Crippen LogP contribution < -0.4 is 21.5 Å². The molecule has 0 radical (unpaired) electrons. The molecule has 2 amide bonds. The number of aromatic nitrogens is 2. The predicted octanol–water partition coefficient (Wildman–Crippen LogP) is 3.32. The number of hydrogen-bond donors (Lipinski definition) is 4. The zero-order valence-electron chi connectivity index (χ0n) is 17.7. The van der Waals surface area contributed by atoms with E-state index >= 15 is 0 Å². The number of amides is 2. The third-order valence-corrected chi connectivity index (χ3v) is 5.28. The molecule has 3 aromatic rings. The molecule has 2 heterocycles. The molecule has 0 aliphatic carbocycles. The molecule has 0 bridgehead atoms. The highest BCUT2D eigenvalue weighted by atomic mass is 19.4. The number of nitrogens with zero attached hydrogens (tertiary/aromatic N) is 1. The maximum atomic E-state index is 13.0. The van der Waals surface area contributed by atoms with E-state index in [1.54, 1.807) is 0 Å². The van der Waals surface area contributed by atoms with Crippen molar-refractivity contribution < 1.29 is 22.8 Å². The Hall–Kier alpha value is -4.15. The summed E-state index contributed by atoms with van der Waals surface area (Å²) in [6, 6.07) is 13.8. The summed E-state index contributed by atoms with van der Waals surface area (Å²) in [5.41, 5.74) is -0.503. The van der Waals surface area contributed by atoms with Gasteiger partial charge in [0.15, 0.2) is 0 Å². The van der Waals surface area contributed by atoms with Crippen LogP contribution in [0.2, 0.25) is 0 Å². The van der Waals surface area contributed by atoms with Crippen molar-refractivity contribution >= 4 is 29.3 Å². The summed E-state index contributed by atoms with van der Waals surface area (Å²) in [6.45, 7) is 0.316. The van der Waals surface area contributed by atoms with Gasteiger partial charge in [-0.3, -0.25) is 19.4 Å². The van der Waals surface area contributed by atoms with Crippen LogP contribution in [0, 0.1) is 0 Å². The average molecular weight is 471 g/mol. The first-order valence-electron chi connectivity index (χ1n) is 10.4. The Kier molecular flexibility index (Phi) is 6.35. The number of hydrogen-bond acceptors (Lipinski definition) is 5. The summed E-state index contributed by atoms with van der Waals surface area (Å²) in [5, 5.41) is 7.80. The lowest BCUT2D eigenvalue weighted by atomic mass is 9.92. The second-order valence-electron chi connectivity index (χ2n) is 7.71. The molecule has 0 fully saturated rings. The summed E-state index contributed by atoms with van der Waals surface area (Å²) in [6.07, 6.45) is -4.19. The molecule has 4 rings (SSSR count). The number of carbonyl (C=O) groups excluding carboxylic acids is 2. The van der Waals surface area contributed by atoms with Gasteiger partial charge in [-0.2, -0.15) is 18.2 Å². The molecule has 176 valence electrons. The first-order chi connectivity index (χ1) is 16.2. The zero-order valence-corrected chi connectivity index (χ0v) is 17.7. The van der Waals surface area contributed by atoms with E-state index in [0.717, 1.165) is 17.7 Å². The highest BCUT2D eigenvalue weighted by molar-refractivity contribution is 6.00. The minimum absolute atomic E-state index is 0.00796. The van der Waals surface area contributed by atoms with Crippen molar-refractivity contribution in [1.29, 1.82) is 0 Å². The molecule has 8 nitrogen and oxygen atoms in total. The number of fused-ring (bicyclic) bond motifs is 1. The molecule has 0 saturated heterocycles. The van der Waals surface area contributed by atoms with Crippen molar-refractivity contribution in [3.63, 3.8) is 0 Å². The topological polar surface area (TPSA) is 116 Å². The van der Waals surface area contributed by atoms with Crippen molar-refractivity contribution in [2.75, 3.05) is 17.2 Å². The van der Waals surface area contributed by atoms with E-state index < -0.39 is 35.0 Å². The summed E-state index contributed by atoms with van der Waals surface area (Å²) >= 11 is 0. The van der Waals surface area contributed by atoms with E-state index in [4.69, 9.17) is 0 Å². The molecular weight excluding hydrogens is 451 g/mol. The van der Waals surface area contributed by atoms with Crippen molar-refractivity contribution in [3.8, 4) is 0 Å². The van der Waals surface area contributed by atoms with Crippen LogP contribution in [-0.4, -0.2) is 28.3 Å². The van der Waals surface area contributed by atoms with E-state index in [-0.39, 0.29) is 29.4 Å². The molecule has 0 unspecified atom stereocenters. The first-order valence-corrected chi connectivity index (χ1v) is 10.4. The highest BCUT2D eigenvalue weighted by Crippen LogP contribution is 2.32. The standard InChI is InChI=1S/C23H20F3N5O3/c24-23(25,26)14-7-4-8-15(11-14)28-22-30-19-18(21(34)31-22)16(12-17(32)29-19)20(33)27-10-9-13-5-2-1-3-6-13/h1-8,11,16H,9-10,12H2,(H,27,33)(H3,28,29,30,31,32,34)/t16-/m0/s1. The Balaban J connectivity index is 1.53. The molecule has 1 aliphatic rings. The minimum Gasteiger partial charge on any atom is -0.355 e. The van der Waals surface area contributed by atoms with Gasteiger partial charge in [-0.1, -0.05) is 36.4 Å². The van der Waals surface area contributed by atoms with E-state index in [2.05, 4.69) is 25.9 Å². The number of rotatable bonds is 6. The largest absolute Gasteiger partial charge is 0.416 e. The Morgan fingerprint density at radius 3 is 2.59 bits per heavy atom. The Morgan fingerprint density at radius 2 is 1.85 bits per heavy atom. The number of aromatic amines is 1. The fraction of sp³-hybridized carbons (Fsp3) is 0.217. The first kappa shape index (κ1) is 23.0. The van der Waals surface area contributed by atoms with Gasteiger partial charge in [0.05, 0.1) is 17.0 Å². The minimum atomic E-state index is -4.54. The van der Waals surface area contributed by atoms with Crippen LogP contribution >= 0.6 is 0 Å². The SMILES string of the molecule is O=C1C[C@H](C(=O)NCCc2ccccc2)c2c(nc(Nc3cccc(C(F)(F)F)c3)[nH]c2=O)N1. The van der Waals surface area contributed by atoms with Crippen LogP contribution in [0.3, 0.4) is 0 Å². The smallest absolute Gasteiger partial charge is 0.355 e. The van der Waals surface area contributed by atoms with Crippen LogP contribution in [0.4, 0.5) is 30.6 Å². The van der Waals surface area contributed by atoms with Gasteiger partial charge in [-0.25, -0.2) is 0 Å². The molecule has 1 aromatic heterocycles. The van der Waals surface area contributed by atoms with E-state index in [9.17, 15) is 27.6 Å². The number of H-pyrrole nitrogens is 1. The van der Waals surface area contributed by atoms with Crippen LogP contribution in [0.5, 0.6) is 0 Å². The van der Waals surface area contributed by atoms with E-state index in [0.29, 0.717) is 13.0 Å². The molecule has 2 aromatic carbocycles. The summed E-state index contributed by atoms with van der Waals surface area (Å²) < 4.78 is 38.9. The molecule has 0 saturated carbocycles. The third-order valence-electron chi connectivity index (χ3n) is 5.28. The van der Waals surface area contributed by atoms with Gasteiger partial charge >= 0.3 is 6.18 Å². The molecule has 4 N–H and O–H groups in total. The van der Waals surface area contributed by atoms with Gasteiger partial charge in [0.2, 0.25) is 17.8 Å². The molecule has 1 aliphatic heterocycles. The van der Waals surface area contributed by atoms with Gasteiger partial charge < -0.3 is 16.0 Å². The monoisotopic (exact) mass is 471 g/mol. The average Bonchev–Trinajstić information content (AvgIpc) is 2.78. The van der Waals surface area contributed by atoms with Crippen molar-refractivity contribution in [1.82, 2.24) is 15.3 Å². The lowest BCUT2D eigenvalue weighted by Gasteiger charge is -2.23. The molecule has 1 atom stereocenters. The van der Waals surface area contributed by atoms with Crippen molar-refractivity contribution in [2.24, 2.45) is 0 Å². The third kappa shape index (κ3) is 5.25. The van der Waals surface area contributed by atoms with Gasteiger partial charge in [0.1, 0.15) is 5.82 Å². The lowest BCUT2D eigenvalue weighted by molar-refractivity contribution is -0.137. The number of benzene rings is 2. The Bertz CT molecular complexity index is 1270. The molecule has 0 spiro atoms. The van der Waals surface area contributed by atoms with Crippen LogP contribution in [-0.2, 0) is 22.2 Å². The van der Waals surface area contributed by atoms with E-state index in [1.165, 1.54) is 12.1 Å². The van der Waals surface area contributed by atoms with Crippen molar-refractivity contribution in [2.45, 2.75) is 24.9 Å². The van der Waals surface area contributed by atoms with Crippen LogP contribution in [0.25, 0.3) is 0 Å². The molecule has 11 heteroatoms. The molecule has 34 heavy (non-hydrogen) atoms. The molecular formula is C23H20F3N5O3. The Morgan fingerprint density at radius 1 is 1.09 bits per heavy atom. The highest BCUT2D eigenvalue weighted by Gasteiger charge is 2.35. The predicted molar refractivity (Wildman–Crippen MR) is 119 cm³/mol. The summed E-state index contributed by atoms with van der Waals surface area (Å²) in [7, 11) is 0. The zero-order chi connectivity index (χ0) is 24.3. The number of alkyl halides is 3. The fourth-order valence-corrected chi connectivity index (χ4v) is 3.66. The van der Waals surface area contributed by atoms with E-state index in [1.807, 2.05) is 30.3 Å². The maximum absolute atomic E-state index is 13.0. The second-order valence-corrected chi connectivity index (χ2v) is 7.71. The summed E-state index contributed by atoms with van der Waals surface area (Å²) in [4.78, 5) is 44.3. The number of nitrogens with one attached hydrogen (secondary N) is 4. The normalized spacial score (nSPS) is 15.3. The van der Waals surface area contributed by atoms with Gasteiger partial charge in [-0.05, 0) is 30.2 Å². The van der Waals surface area contributed by atoms with Gasteiger partial charge in [-0.15, -0.1) is 0 Å². The number of carbonyl (C=O) groups is 2. The Labute approximate surface area is 191 Å². The van der Waals surface area contributed by atoms with Crippen molar-refractivity contribution in [3.05, 3.63) is 81.6 Å².